The predicted octanol–water partition coefficient (Wildman–Crippen LogP) is 1.55. The molecule has 0 spiro atoms. The Morgan fingerprint density at radius 3 is 1.78 bits per heavy atom. The van der Waals surface area contributed by atoms with Crippen molar-refractivity contribution in [3.05, 3.63) is 28.8 Å². The van der Waals surface area contributed by atoms with Crippen LogP contribution in [0.3, 0.4) is 0 Å². The summed E-state index contributed by atoms with van der Waals surface area (Å²) in [7, 11) is 2.64. The SMILES string of the molecule is COC(C(=O)C(O)C(C)O)C1Cc2cc3cc(OC4CC(OC5CC(O)C(OC)C(C)O5)C(OC(C)=O)C(C)O4)c(C)c(O)c3c(O)c2C(=O)C1OC1CC(OC2CC(OC3CC(C)(O)C(OC(C)=O)C(C)O3)C(O)C(C)O2)C(O)C(C)O1. The Balaban J connectivity index is 1.04. The maximum Gasteiger partial charge on any atom is 0.303 e. The summed E-state index contributed by atoms with van der Waals surface area (Å²) in [6.07, 6.45) is -25.9. The van der Waals surface area contributed by atoms with E-state index in [1.54, 1.807) is 27.7 Å². The molecule has 26 nitrogen and oxygen atoms in total. The van der Waals surface area contributed by atoms with Crippen LogP contribution in [0.2, 0.25) is 0 Å². The third-order valence-electron chi connectivity index (χ3n) is 16.6. The van der Waals surface area contributed by atoms with E-state index < -0.39 is 188 Å². The largest absolute Gasteiger partial charge is 0.507 e. The highest BCUT2D eigenvalue weighted by atomic mass is 16.7. The summed E-state index contributed by atoms with van der Waals surface area (Å²) in [4.78, 5) is 53.2. The van der Waals surface area contributed by atoms with Gasteiger partial charge in [-0.2, -0.15) is 0 Å². The van der Waals surface area contributed by atoms with Gasteiger partial charge in [0.05, 0.1) is 65.9 Å². The van der Waals surface area contributed by atoms with Gasteiger partial charge < -0.3 is 107 Å². The van der Waals surface area contributed by atoms with Crippen LogP contribution in [0.1, 0.15) is 116 Å². The topological polar surface area (TPSA) is 359 Å². The number of ether oxygens (including phenoxy) is 14. The number of aliphatic hydroxyl groups excluding tert-OH is 5. The second kappa shape index (κ2) is 26.4. The second-order valence-electron chi connectivity index (χ2n) is 23.1. The zero-order valence-corrected chi connectivity index (χ0v) is 48.7. The third-order valence-corrected chi connectivity index (χ3v) is 16.6. The van der Waals surface area contributed by atoms with Gasteiger partial charge in [-0.15, -0.1) is 0 Å². The molecule has 26 heteroatoms. The highest BCUT2D eigenvalue weighted by Gasteiger charge is 2.52. The average Bonchev–Trinajstić information content (AvgIpc) is 3.57. The number of benzene rings is 2. The first-order valence-electron chi connectivity index (χ1n) is 28.2. The molecule has 5 saturated heterocycles. The molecule has 6 aliphatic rings. The normalized spacial score (nSPS) is 39.7. The van der Waals surface area contributed by atoms with Crippen LogP contribution >= 0.6 is 0 Å². The van der Waals surface area contributed by atoms with Gasteiger partial charge in [0.25, 0.3) is 0 Å². The van der Waals surface area contributed by atoms with E-state index in [0.717, 1.165) is 0 Å². The molecule has 1 aliphatic carbocycles. The molecule has 0 amide bonds. The van der Waals surface area contributed by atoms with Gasteiger partial charge in [0.2, 0.25) is 6.29 Å². The second-order valence-corrected chi connectivity index (χ2v) is 23.1. The van der Waals surface area contributed by atoms with Gasteiger partial charge >= 0.3 is 11.9 Å². The number of carbonyl (C=O) groups excluding carboxylic acids is 4. The standard InChI is InChI=1S/C57H82O26/c1-21-34(79-40-19-37(53(26(6)75-40)77-28(8)59)82-38-16-33(61)52(70-11)25(5)74-38)15-31-13-30-14-32(54(71-12)51(68)46(63)22(2)58)55(50(67)44(30)49(66)43(31)45(21)62)83-41-18-35(47(64)24(4)73-41)80-39-17-36(48(65)23(3)72-39)81-42-20-57(10,69)56(27(7)76-42)78-29(9)60/h13,15,22-27,32-33,35-42,46-48,52-56,58,61-66,69H,14,16-20H2,1-12H3. The molecule has 25 atom stereocenters. The fraction of sp³-hybridized carbons (Fsp3) is 0.754. The van der Waals surface area contributed by atoms with Crippen molar-refractivity contribution >= 4 is 34.3 Å². The van der Waals surface area contributed by atoms with Crippen molar-refractivity contribution in [1.29, 1.82) is 0 Å². The van der Waals surface area contributed by atoms with E-state index in [-0.39, 0.29) is 71.7 Å². The van der Waals surface area contributed by atoms with Crippen molar-refractivity contribution in [1.82, 2.24) is 0 Å². The molecule has 2 aromatic rings. The molecule has 2 aromatic carbocycles. The lowest BCUT2D eigenvalue weighted by Gasteiger charge is -2.46. The van der Waals surface area contributed by atoms with E-state index in [1.807, 2.05) is 0 Å². The van der Waals surface area contributed by atoms with E-state index in [1.165, 1.54) is 67.9 Å². The molecule has 0 saturated carbocycles. The number of Topliss-reactive ketones (excluding diaryl/α,β-unsaturated/α-hetero) is 2. The highest BCUT2D eigenvalue weighted by molar-refractivity contribution is 6.11. The average molecular weight is 1180 g/mol. The lowest BCUT2D eigenvalue weighted by Crippen LogP contribution is -2.59. The number of aliphatic hydroxyl groups is 6. The molecule has 5 aliphatic heterocycles. The van der Waals surface area contributed by atoms with Gasteiger partial charge in [0, 0.05) is 71.7 Å². The predicted molar refractivity (Wildman–Crippen MR) is 282 cm³/mol. The number of aromatic hydroxyl groups is 2. The number of fused-ring (bicyclic) bond motifs is 2. The lowest BCUT2D eigenvalue weighted by molar-refractivity contribution is -0.334. The van der Waals surface area contributed by atoms with Gasteiger partial charge in [0.15, 0.2) is 48.9 Å². The van der Waals surface area contributed by atoms with Crippen LogP contribution in [0.15, 0.2) is 12.1 Å². The summed E-state index contributed by atoms with van der Waals surface area (Å²) in [5, 5.41) is 90.1. The molecule has 5 heterocycles. The van der Waals surface area contributed by atoms with Gasteiger partial charge in [-0.1, -0.05) is 0 Å². The molecule has 0 radical (unpaired) electrons. The number of hydrogen-bond acceptors (Lipinski definition) is 26. The number of phenolic OH excluding ortho intramolecular Hbond substituents is 2. The molecule has 8 rings (SSSR count). The fourth-order valence-electron chi connectivity index (χ4n) is 12.4. The third kappa shape index (κ3) is 13.9. The molecular formula is C57H82O26. The fourth-order valence-corrected chi connectivity index (χ4v) is 12.4. The Morgan fingerprint density at radius 2 is 1.22 bits per heavy atom. The first-order chi connectivity index (χ1) is 39.0. The Bertz CT molecular complexity index is 2620. The number of rotatable bonds is 18. The minimum absolute atomic E-state index is 0.0251. The molecular weight excluding hydrogens is 1100 g/mol. The Labute approximate surface area is 480 Å². The maximum atomic E-state index is 15.1. The highest BCUT2D eigenvalue weighted by Crippen LogP contribution is 2.48. The number of ketones is 2. The first-order valence-corrected chi connectivity index (χ1v) is 28.2. The summed E-state index contributed by atoms with van der Waals surface area (Å²) >= 11 is 0. The van der Waals surface area contributed by atoms with Crippen LogP contribution in [0, 0.1) is 12.8 Å². The molecule has 8 N–H and O–H groups in total. The van der Waals surface area contributed by atoms with Crippen molar-refractivity contribution < 1.29 is 126 Å². The van der Waals surface area contributed by atoms with Crippen LogP contribution in [-0.4, -0.2) is 225 Å². The Kier molecular flexibility index (Phi) is 20.5. The number of carbonyl (C=O) groups is 4. The minimum atomic E-state index is -1.96. The Morgan fingerprint density at radius 1 is 0.687 bits per heavy atom. The summed E-state index contributed by atoms with van der Waals surface area (Å²) < 4.78 is 84.2. The van der Waals surface area contributed by atoms with Gasteiger partial charge in [-0.05, 0) is 84.9 Å². The zero-order chi connectivity index (χ0) is 60.8. The quantitative estimate of drug-likeness (QED) is 0.0982. The molecule has 0 bridgehead atoms. The number of phenols is 2. The molecule has 5 fully saturated rings. The van der Waals surface area contributed by atoms with E-state index in [4.69, 9.17) is 66.3 Å². The van der Waals surface area contributed by atoms with Gasteiger partial charge in [0.1, 0.15) is 65.6 Å². The van der Waals surface area contributed by atoms with Crippen molar-refractivity contribution in [3.63, 3.8) is 0 Å². The minimum Gasteiger partial charge on any atom is -0.507 e. The lowest BCUT2D eigenvalue weighted by atomic mass is 9.75. The summed E-state index contributed by atoms with van der Waals surface area (Å²) in [6, 6.07) is 3.04. The monoisotopic (exact) mass is 1180 g/mol. The maximum absolute atomic E-state index is 15.1. The molecule has 25 unspecified atom stereocenters. The van der Waals surface area contributed by atoms with Crippen LogP contribution in [0.25, 0.3) is 10.8 Å². The van der Waals surface area contributed by atoms with E-state index in [0.29, 0.717) is 0 Å². The molecule has 0 aromatic heterocycles. The smallest absolute Gasteiger partial charge is 0.303 e. The van der Waals surface area contributed by atoms with E-state index in [9.17, 15) is 55.2 Å². The van der Waals surface area contributed by atoms with Crippen LogP contribution in [0.4, 0.5) is 0 Å². The van der Waals surface area contributed by atoms with Crippen molar-refractivity contribution in [2.45, 2.75) is 255 Å². The number of methoxy groups -OCH3 is 2. The van der Waals surface area contributed by atoms with E-state index in [2.05, 4.69) is 0 Å². The van der Waals surface area contributed by atoms with Crippen molar-refractivity contribution in [3.8, 4) is 17.2 Å². The zero-order valence-electron chi connectivity index (χ0n) is 48.7. The molecule has 466 valence electrons. The summed E-state index contributed by atoms with van der Waals surface area (Å²) in [5.74, 6) is -5.32. The number of esters is 2. The van der Waals surface area contributed by atoms with Crippen LogP contribution in [0.5, 0.6) is 17.2 Å². The van der Waals surface area contributed by atoms with Crippen LogP contribution < -0.4 is 4.74 Å². The first kappa shape index (κ1) is 64.7. The summed E-state index contributed by atoms with van der Waals surface area (Å²) in [5.41, 5.74) is -1.51. The van der Waals surface area contributed by atoms with Crippen LogP contribution in [-0.2, 0) is 82.4 Å². The van der Waals surface area contributed by atoms with Gasteiger partial charge in [-0.25, -0.2) is 0 Å². The van der Waals surface area contributed by atoms with Gasteiger partial charge in [-0.3, -0.25) is 19.2 Å². The number of hydrogen-bond donors (Lipinski definition) is 8. The Hall–Kier alpha value is -4.30. The molecule has 83 heavy (non-hydrogen) atoms. The van der Waals surface area contributed by atoms with Crippen molar-refractivity contribution in [2.24, 2.45) is 5.92 Å². The summed E-state index contributed by atoms with van der Waals surface area (Å²) in [6.45, 7) is 14.8. The van der Waals surface area contributed by atoms with E-state index >= 15 is 4.79 Å². The van der Waals surface area contributed by atoms with Crippen molar-refractivity contribution in [2.75, 3.05) is 14.2 Å².